The van der Waals surface area contributed by atoms with Gasteiger partial charge in [-0.25, -0.2) is 0 Å². The van der Waals surface area contributed by atoms with Crippen LogP contribution in [-0.2, 0) is 28.6 Å². The van der Waals surface area contributed by atoms with Gasteiger partial charge in [0, 0.05) is 19.3 Å². The maximum atomic E-state index is 12.9. The van der Waals surface area contributed by atoms with Gasteiger partial charge in [-0.05, 0) is 89.9 Å². The number of carbonyl (C=O) groups is 3. The summed E-state index contributed by atoms with van der Waals surface area (Å²) in [6.07, 6.45) is 79.0. The lowest BCUT2D eigenvalue weighted by Crippen LogP contribution is -2.30. The van der Waals surface area contributed by atoms with E-state index < -0.39 is 6.10 Å². The highest BCUT2D eigenvalue weighted by Gasteiger charge is 2.19. The van der Waals surface area contributed by atoms with Crippen molar-refractivity contribution in [2.75, 3.05) is 13.2 Å². The van der Waals surface area contributed by atoms with Crippen molar-refractivity contribution in [1.82, 2.24) is 0 Å². The third-order valence-corrected chi connectivity index (χ3v) is 13.7. The first-order valence-corrected chi connectivity index (χ1v) is 31.4. The fourth-order valence-electron chi connectivity index (χ4n) is 9.00. The van der Waals surface area contributed by atoms with Crippen molar-refractivity contribution in [3.05, 3.63) is 72.9 Å². The highest BCUT2D eigenvalue weighted by Crippen LogP contribution is 2.17. The van der Waals surface area contributed by atoms with Crippen molar-refractivity contribution < 1.29 is 28.6 Å². The molecule has 0 saturated carbocycles. The van der Waals surface area contributed by atoms with Crippen LogP contribution in [0.3, 0.4) is 0 Å². The molecular formula is C67H118O6. The first-order chi connectivity index (χ1) is 36.0. The van der Waals surface area contributed by atoms with Crippen molar-refractivity contribution >= 4 is 17.9 Å². The lowest BCUT2D eigenvalue weighted by atomic mass is 10.0. The van der Waals surface area contributed by atoms with Crippen LogP contribution in [0.4, 0.5) is 0 Å². The van der Waals surface area contributed by atoms with Gasteiger partial charge in [-0.2, -0.15) is 0 Å². The highest BCUT2D eigenvalue weighted by molar-refractivity contribution is 5.71. The van der Waals surface area contributed by atoms with Crippen LogP contribution in [0.25, 0.3) is 0 Å². The Morgan fingerprint density at radius 3 is 0.863 bits per heavy atom. The van der Waals surface area contributed by atoms with Crippen LogP contribution in [0, 0.1) is 0 Å². The Labute approximate surface area is 453 Å². The maximum Gasteiger partial charge on any atom is 0.306 e. The van der Waals surface area contributed by atoms with Crippen LogP contribution < -0.4 is 0 Å². The van der Waals surface area contributed by atoms with Gasteiger partial charge in [0.25, 0.3) is 0 Å². The normalized spacial score (nSPS) is 12.5. The number of esters is 3. The van der Waals surface area contributed by atoms with Crippen molar-refractivity contribution in [1.29, 1.82) is 0 Å². The van der Waals surface area contributed by atoms with Crippen LogP contribution >= 0.6 is 0 Å². The van der Waals surface area contributed by atoms with Gasteiger partial charge in [-0.3, -0.25) is 14.4 Å². The van der Waals surface area contributed by atoms with Gasteiger partial charge in [-0.1, -0.05) is 280 Å². The number of ether oxygens (including phenoxy) is 3. The molecule has 0 N–H and O–H groups in total. The zero-order valence-electron chi connectivity index (χ0n) is 48.4. The molecule has 0 amide bonds. The van der Waals surface area contributed by atoms with Gasteiger partial charge in [0.15, 0.2) is 6.10 Å². The van der Waals surface area contributed by atoms with Crippen LogP contribution in [0.15, 0.2) is 72.9 Å². The highest BCUT2D eigenvalue weighted by atomic mass is 16.6. The third-order valence-electron chi connectivity index (χ3n) is 13.7. The number of hydrogen-bond acceptors (Lipinski definition) is 6. The minimum absolute atomic E-state index is 0.0825. The van der Waals surface area contributed by atoms with E-state index in [0.29, 0.717) is 19.3 Å². The average molecular weight is 1020 g/mol. The van der Waals surface area contributed by atoms with E-state index in [2.05, 4.69) is 93.7 Å². The fourth-order valence-corrected chi connectivity index (χ4v) is 9.00. The molecule has 6 nitrogen and oxygen atoms in total. The van der Waals surface area contributed by atoms with Gasteiger partial charge >= 0.3 is 17.9 Å². The van der Waals surface area contributed by atoms with Crippen molar-refractivity contribution in [2.24, 2.45) is 0 Å². The molecular weight excluding hydrogens is 901 g/mol. The zero-order chi connectivity index (χ0) is 52.9. The minimum Gasteiger partial charge on any atom is -0.462 e. The lowest BCUT2D eigenvalue weighted by molar-refractivity contribution is -0.167. The molecule has 6 heteroatoms. The van der Waals surface area contributed by atoms with Gasteiger partial charge < -0.3 is 14.2 Å². The summed E-state index contributed by atoms with van der Waals surface area (Å²) in [5.41, 5.74) is 0. The molecule has 0 rings (SSSR count). The summed E-state index contributed by atoms with van der Waals surface area (Å²) >= 11 is 0. The second-order valence-corrected chi connectivity index (χ2v) is 20.9. The lowest BCUT2D eigenvalue weighted by Gasteiger charge is -2.18. The molecule has 0 bridgehead atoms. The summed E-state index contributed by atoms with van der Waals surface area (Å²) in [6, 6.07) is 0. The smallest absolute Gasteiger partial charge is 0.306 e. The summed E-state index contributed by atoms with van der Waals surface area (Å²) < 4.78 is 16.9. The van der Waals surface area contributed by atoms with E-state index in [1.807, 2.05) is 0 Å². The number of rotatable bonds is 57. The Hall–Kier alpha value is -3.15. The van der Waals surface area contributed by atoms with Crippen LogP contribution in [0.2, 0.25) is 0 Å². The molecule has 0 aromatic heterocycles. The maximum absolute atomic E-state index is 12.9. The van der Waals surface area contributed by atoms with Crippen LogP contribution in [-0.4, -0.2) is 37.2 Å². The zero-order valence-corrected chi connectivity index (χ0v) is 48.4. The Morgan fingerprint density at radius 2 is 0.534 bits per heavy atom. The molecule has 0 fully saturated rings. The van der Waals surface area contributed by atoms with Crippen molar-refractivity contribution in [3.8, 4) is 0 Å². The van der Waals surface area contributed by atoms with E-state index in [1.54, 1.807) is 0 Å². The van der Waals surface area contributed by atoms with E-state index in [1.165, 1.54) is 173 Å². The molecule has 0 aliphatic carbocycles. The molecule has 0 heterocycles. The summed E-state index contributed by atoms with van der Waals surface area (Å²) in [6.45, 7) is 6.53. The predicted octanol–water partition coefficient (Wildman–Crippen LogP) is 21.3. The summed E-state index contributed by atoms with van der Waals surface area (Å²) in [4.78, 5) is 38.3. The molecule has 1 unspecified atom stereocenters. The van der Waals surface area contributed by atoms with E-state index >= 15 is 0 Å². The first kappa shape index (κ1) is 69.8. The summed E-state index contributed by atoms with van der Waals surface area (Å²) in [5, 5.41) is 0. The molecule has 73 heavy (non-hydrogen) atoms. The molecule has 0 aromatic carbocycles. The number of hydrogen-bond donors (Lipinski definition) is 0. The molecule has 0 aliphatic rings. The average Bonchev–Trinajstić information content (AvgIpc) is 3.39. The van der Waals surface area contributed by atoms with Gasteiger partial charge in [-0.15, -0.1) is 0 Å². The molecule has 0 saturated heterocycles. The van der Waals surface area contributed by atoms with Gasteiger partial charge in [0.2, 0.25) is 0 Å². The quantitative estimate of drug-likeness (QED) is 0.0261. The van der Waals surface area contributed by atoms with E-state index in [4.69, 9.17) is 14.2 Å². The number of allylic oxidation sites excluding steroid dienone is 12. The molecule has 1 atom stereocenters. The van der Waals surface area contributed by atoms with Crippen molar-refractivity contribution in [2.45, 2.75) is 322 Å². The monoisotopic (exact) mass is 1020 g/mol. The fraction of sp³-hybridized carbons (Fsp3) is 0.776. The molecule has 0 aliphatic heterocycles. The molecule has 0 aromatic rings. The molecule has 422 valence electrons. The summed E-state index contributed by atoms with van der Waals surface area (Å²) in [7, 11) is 0. The predicted molar refractivity (Wildman–Crippen MR) is 316 cm³/mol. The van der Waals surface area contributed by atoms with Crippen molar-refractivity contribution in [3.63, 3.8) is 0 Å². The van der Waals surface area contributed by atoms with Gasteiger partial charge in [0.05, 0.1) is 0 Å². The molecule has 0 spiro atoms. The van der Waals surface area contributed by atoms with E-state index in [-0.39, 0.29) is 31.1 Å². The van der Waals surface area contributed by atoms with E-state index in [0.717, 1.165) is 103 Å². The Morgan fingerprint density at radius 1 is 0.288 bits per heavy atom. The Kier molecular flexibility index (Phi) is 58.7. The standard InChI is InChI=1S/C67H118O6/c1-4-7-10-13-16-19-22-25-28-31-33-36-39-42-45-48-51-54-57-60-66(69)72-63-64(62-71-65(68)59-56-53-50-47-44-41-38-35-30-27-24-21-18-15-12-9-6-3)73-67(70)61-58-55-52-49-46-43-40-37-34-32-29-26-23-20-17-14-11-8-5-2/h9,12,16,18-19,21,25,27-28,30,33,36,64H,4-8,10-11,13-15,17,20,22-24,26,29,31-32,34-35,37-63H2,1-3H3/b12-9-,19-16-,21-18-,28-25-,30-27-,36-33-. The number of unbranched alkanes of at least 4 members (excludes halogenated alkanes) is 34. The van der Waals surface area contributed by atoms with Crippen LogP contribution in [0.5, 0.6) is 0 Å². The van der Waals surface area contributed by atoms with Gasteiger partial charge in [0.1, 0.15) is 13.2 Å². The minimum atomic E-state index is -0.785. The second kappa shape index (κ2) is 61.4. The third kappa shape index (κ3) is 59.6. The Bertz CT molecular complexity index is 1360. The number of carbonyl (C=O) groups excluding carboxylic acids is 3. The first-order valence-electron chi connectivity index (χ1n) is 31.4. The SMILES string of the molecule is CC/C=C\C/C=C\C/C=C\CCCCCCCCCC(=O)OCC(COC(=O)CCCCCCCC/C=C\C/C=C\C/C=C\CCCCC)OC(=O)CCCCCCCCCCCCCCCCCCCCC. The topological polar surface area (TPSA) is 78.9 Å². The summed E-state index contributed by atoms with van der Waals surface area (Å²) in [5.74, 6) is -0.888. The van der Waals surface area contributed by atoms with Crippen LogP contribution in [0.1, 0.15) is 316 Å². The largest absolute Gasteiger partial charge is 0.462 e. The Balaban J connectivity index is 4.39. The molecule has 0 radical (unpaired) electrons. The second-order valence-electron chi connectivity index (χ2n) is 20.9. The van der Waals surface area contributed by atoms with E-state index in [9.17, 15) is 14.4 Å².